The van der Waals surface area contributed by atoms with Gasteiger partial charge in [-0.3, -0.25) is 9.59 Å². The Morgan fingerprint density at radius 3 is 2.25 bits per heavy atom. The van der Waals surface area contributed by atoms with Gasteiger partial charge in [0.2, 0.25) is 0 Å². The van der Waals surface area contributed by atoms with Crippen molar-refractivity contribution < 1.29 is 19.2 Å². The lowest BCUT2D eigenvalue weighted by atomic mass is 10.1. The van der Waals surface area contributed by atoms with Crippen LogP contribution in [0.25, 0.3) is 0 Å². The average Bonchev–Trinajstić information content (AvgIpc) is 2.80. The monoisotopic (exact) mass is 325 g/mol. The van der Waals surface area contributed by atoms with E-state index in [0.717, 1.165) is 0 Å². The van der Waals surface area contributed by atoms with Crippen molar-refractivity contribution in [3.05, 3.63) is 58.7 Å². The molecule has 7 nitrogen and oxygen atoms in total. The third-order valence-electron chi connectivity index (χ3n) is 3.64. The molecule has 3 rings (SSSR count). The van der Waals surface area contributed by atoms with Gasteiger partial charge < -0.3 is 4.84 Å². The van der Waals surface area contributed by atoms with Gasteiger partial charge in [0.15, 0.2) is 0 Å². The summed E-state index contributed by atoms with van der Waals surface area (Å²) >= 11 is 0. The lowest BCUT2D eigenvalue weighted by molar-refractivity contribution is -0.0586. The van der Waals surface area contributed by atoms with Crippen LogP contribution >= 0.6 is 0 Å². The normalized spacial score (nSPS) is 13.4. The van der Waals surface area contributed by atoms with Gasteiger partial charge in [0.25, 0.3) is 11.8 Å². The number of amides is 2. The average molecular weight is 325 g/mol. The molecule has 2 amide bonds. The zero-order chi connectivity index (χ0) is 17.4. The molecule has 0 spiro atoms. The maximum absolute atomic E-state index is 12.4. The fourth-order valence-corrected chi connectivity index (χ4v) is 2.47. The molecule has 7 heteroatoms. The van der Waals surface area contributed by atoms with Gasteiger partial charge in [-0.05, 0) is 25.0 Å². The van der Waals surface area contributed by atoms with Gasteiger partial charge in [0, 0.05) is 6.20 Å². The Labute approximate surface area is 138 Å². The highest BCUT2D eigenvalue weighted by Crippen LogP contribution is 2.24. The summed E-state index contributed by atoms with van der Waals surface area (Å²) in [5, 5.41) is 0.483. The summed E-state index contributed by atoms with van der Waals surface area (Å²) in [6, 6.07) is 6.30. The van der Waals surface area contributed by atoms with E-state index in [1.807, 2.05) is 13.8 Å². The molecular weight excluding hydrogens is 310 g/mol. The van der Waals surface area contributed by atoms with Gasteiger partial charge >= 0.3 is 5.97 Å². The molecule has 122 valence electrons. The Kier molecular flexibility index (Phi) is 3.84. The minimum Gasteiger partial charge on any atom is -0.324 e. The van der Waals surface area contributed by atoms with E-state index in [0.29, 0.717) is 16.6 Å². The third-order valence-corrected chi connectivity index (χ3v) is 3.64. The molecule has 1 aromatic carbocycles. The molecule has 0 bridgehead atoms. The molecule has 2 aromatic rings. The summed E-state index contributed by atoms with van der Waals surface area (Å²) in [6.45, 7) is 5.46. The highest BCUT2D eigenvalue weighted by atomic mass is 16.7. The summed E-state index contributed by atoms with van der Waals surface area (Å²) in [5.74, 6) is -1.69. The first kappa shape index (κ1) is 15.8. The van der Waals surface area contributed by atoms with Gasteiger partial charge in [0.05, 0.1) is 16.8 Å². The number of aromatic nitrogens is 2. The lowest BCUT2D eigenvalue weighted by Crippen LogP contribution is -2.33. The van der Waals surface area contributed by atoms with Crippen LogP contribution in [0.3, 0.4) is 0 Å². The van der Waals surface area contributed by atoms with Crippen molar-refractivity contribution >= 4 is 17.8 Å². The first-order chi connectivity index (χ1) is 11.4. The number of fused-ring (bicyclic) bond motifs is 1. The molecule has 24 heavy (non-hydrogen) atoms. The number of carbonyl (C=O) groups is 3. The number of rotatable bonds is 3. The second-order valence-corrected chi connectivity index (χ2v) is 5.70. The van der Waals surface area contributed by atoms with Crippen LogP contribution in [0.1, 0.15) is 62.4 Å². The number of hydrogen-bond donors (Lipinski definition) is 0. The summed E-state index contributed by atoms with van der Waals surface area (Å²) in [5.41, 5.74) is 1.05. The van der Waals surface area contributed by atoms with Crippen molar-refractivity contribution in [2.24, 2.45) is 0 Å². The van der Waals surface area contributed by atoms with E-state index in [2.05, 4.69) is 9.97 Å². The fourth-order valence-electron chi connectivity index (χ4n) is 2.47. The van der Waals surface area contributed by atoms with Crippen molar-refractivity contribution in [2.75, 3.05) is 0 Å². The Balaban J connectivity index is 1.90. The molecule has 0 N–H and O–H groups in total. The first-order valence-electron chi connectivity index (χ1n) is 7.43. The lowest BCUT2D eigenvalue weighted by Gasteiger charge is -2.15. The number of hydroxylamine groups is 2. The second kappa shape index (κ2) is 5.84. The number of carbonyl (C=O) groups excluding carboxylic acids is 3. The van der Waals surface area contributed by atoms with E-state index in [9.17, 15) is 14.4 Å². The van der Waals surface area contributed by atoms with E-state index < -0.39 is 17.8 Å². The van der Waals surface area contributed by atoms with Crippen LogP contribution in [0, 0.1) is 6.92 Å². The Hall–Kier alpha value is -3.09. The Morgan fingerprint density at radius 2 is 1.71 bits per heavy atom. The molecule has 0 atom stereocenters. The van der Waals surface area contributed by atoms with Crippen LogP contribution in [0.4, 0.5) is 0 Å². The number of imide groups is 1. The van der Waals surface area contributed by atoms with E-state index in [1.165, 1.54) is 18.3 Å². The Bertz CT molecular complexity index is 826. The van der Waals surface area contributed by atoms with E-state index in [4.69, 9.17) is 4.84 Å². The zero-order valence-electron chi connectivity index (χ0n) is 13.4. The molecule has 1 aliphatic rings. The summed E-state index contributed by atoms with van der Waals surface area (Å²) in [4.78, 5) is 50.2. The largest absolute Gasteiger partial charge is 0.367 e. The molecule has 1 aliphatic heterocycles. The predicted molar refractivity (Wildman–Crippen MR) is 83.2 cm³/mol. The van der Waals surface area contributed by atoms with Gasteiger partial charge in [0.1, 0.15) is 11.4 Å². The molecule has 1 aromatic heterocycles. The van der Waals surface area contributed by atoms with E-state index in [-0.39, 0.29) is 22.6 Å². The zero-order valence-corrected chi connectivity index (χ0v) is 13.4. The van der Waals surface area contributed by atoms with E-state index >= 15 is 0 Å². The minimum atomic E-state index is -0.840. The summed E-state index contributed by atoms with van der Waals surface area (Å²) in [6.07, 6.45) is 1.35. The molecule has 0 saturated carbocycles. The number of nitrogens with zero attached hydrogens (tertiary/aromatic N) is 3. The topological polar surface area (TPSA) is 89.5 Å². The molecule has 2 heterocycles. The predicted octanol–water partition coefficient (Wildman–Crippen LogP) is 2.28. The van der Waals surface area contributed by atoms with Gasteiger partial charge in [-0.2, -0.15) is 0 Å². The fraction of sp³-hybridized carbons (Fsp3) is 0.235. The van der Waals surface area contributed by atoms with Crippen LogP contribution in [-0.4, -0.2) is 32.8 Å². The summed E-state index contributed by atoms with van der Waals surface area (Å²) in [7, 11) is 0. The molecule has 0 unspecified atom stereocenters. The quantitative estimate of drug-likeness (QED) is 0.804. The van der Waals surface area contributed by atoms with Crippen LogP contribution in [0.15, 0.2) is 30.5 Å². The molecule has 0 saturated heterocycles. The number of benzene rings is 1. The molecule has 0 fully saturated rings. The molecule has 0 radical (unpaired) electrons. The van der Waals surface area contributed by atoms with Crippen molar-refractivity contribution in [1.82, 2.24) is 15.0 Å². The number of hydrogen-bond acceptors (Lipinski definition) is 6. The van der Waals surface area contributed by atoms with Gasteiger partial charge in [-0.25, -0.2) is 14.8 Å². The standard InChI is InChI=1S/C17H15N3O4/c1-9(2)14-13(8-18-10(3)19-14)17(23)24-20-15(21)11-6-4-5-7-12(11)16(20)22/h4-9H,1-3H3. The van der Waals surface area contributed by atoms with Crippen molar-refractivity contribution in [3.63, 3.8) is 0 Å². The smallest absolute Gasteiger partial charge is 0.324 e. The van der Waals surface area contributed by atoms with Crippen molar-refractivity contribution in [2.45, 2.75) is 26.7 Å². The number of aryl methyl sites for hydroxylation is 1. The van der Waals surface area contributed by atoms with Crippen molar-refractivity contribution in [3.8, 4) is 0 Å². The van der Waals surface area contributed by atoms with Gasteiger partial charge in [-0.1, -0.05) is 31.0 Å². The van der Waals surface area contributed by atoms with Crippen molar-refractivity contribution in [1.29, 1.82) is 0 Å². The second-order valence-electron chi connectivity index (χ2n) is 5.70. The Morgan fingerprint density at radius 1 is 1.12 bits per heavy atom. The highest BCUT2D eigenvalue weighted by Gasteiger charge is 2.39. The maximum Gasteiger partial charge on any atom is 0.367 e. The maximum atomic E-state index is 12.4. The summed E-state index contributed by atoms with van der Waals surface area (Å²) < 4.78 is 0. The van der Waals surface area contributed by atoms with Crippen LogP contribution < -0.4 is 0 Å². The third kappa shape index (κ3) is 2.54. The molecule has 0 aliphatic carbocycles. The van der Waals surface area contributed by atoms with Crippen LogP contribution in [0.5, 0.6) is 0 Å². The van der Waals surface area contributed by atoms with Crippen LogP contribution in [-0.2, 0) is 4.84 Å². The van der Waals surface area contributed by atoms with Gasteiger partial charge in [-0.15, -0.1) is 0 Å². The molecular formula is C17H15N3O4. The first-order valence-corrected chi connectivity index (χ1v) is 7.43. The van der Waals surface area contributed by atoms with Crippen LogP contribution in [0.2, 0.25) is 0 Å². The highest BCUT2D eigenvalue weighted by molar-refractivity contribution is 6.21. The SMILES string of the molecule is Cc1ncc(C(=O)ON2C(=O)c3ccccc3C2=O)c(C(C)C)n1. The van der Waals surface area contributed by atoms with E-state index in [1.54, 1.807) is 19.1 Å². The minimum absolute atomic E-state index is 0.0450.